The van der Waals surface area contributed by atoms with Crippen LogP contribution in [0.25, 0.3) is 38.6 Å². The lowest BCUT2D eigenvalue weighted by Gasteiger charge is -2.04. The Hall–Kier alpha value is -3.57. The van der Waals surface area contributed by atoms with Crippen molar-refractivity contribution in [2.24, 2.45) is 0 Å². The zero-order chi connectivity index (χ0) is 19.7. The van der Waals surface area contributed by atoms with Gasteiger partial charge in [0.1, 0.15) is 22.7 Å². The summed E-state index contributed by atoms with van der Waals surface area (Å²) in [6, 6.07) is 18.6. The fraction of sp³-hybridized carbons (Fsp3) is 0. The Morgan fingerprint density at radius 1 is 0.833 bits per heavy atom. The molecule has 6 heteroatoms. The molecule has 30 heavy (non-hydrogen) atoms. The van der Waals surface area contributed by atoms with Crippen molar-refractivity contribution in [1.82, 2.24) is 4.98 Å². The Morgan fingerprint density at radius 2 is 1.67 bits per heavy atom. The summed E-state index contributed by atoms with van der Waals surface area (Å²) in [5, 5.41) is 1.77. The van der Waals surface area contributed by atoms with Gasteiger partial charge in [-0.15, -0.1) is 0 Å². The molecule has 0 saturated heterocycles. The second-order valence-corrected chi connectivity index (χ2v) is 7.18. The molecule has 3 nitrogen and oxygen atoms in total. The number of benzene rings is 3. The van der Waals surface area contributed by atoms with Crippen LogP contribution in [0.3, 0.4) is 0 Å². The summed E-state index contributed by atoms with van der Waals surface area (Å²) in [4.78, 5) is 16.4. The van der Waals surface area contributed by atoms with E-state index >= 15 is 0 Å². The lowest BCUT2D eigenvalue weighted by Crippen LogP contribution is -3.00. The number of para-hydroxylation sites is 1. The van der Waals surface area contributed by atoms with Crippen LogP contribution in [0, 0.1) is 11.6 Å². The van der Waals surface area contributed by atoms with E-state index in [1.54, 1.807) is 6.07 Å². The maximum Gasteiger partial charge on any atom is 0.284 e. The van der Waals surface area contributed by atoms with Gasteiger partial charge in [-0.05, 0) is 35.9 Å². The lowest BCUT2D eigenvalue weighted by molar-refractivity contribution is -0.592. The number of nitrogens with one attached hydrogen (secondary N) is 1. The average Bonchev–Trinajstić information content (AvgIpc) is 3.23. The highest BCUT2D eigenvalue weighted by molar-refractivity contribution is 6.20. The fourth-order valence-corrected chi connectivity index (χ4v) is 4.23. The highest BCUT2D eigenvalue weighted by atomic mass is 35.5. The lowest BCUT2D eigenvalue weighted by atomic mass is 10.0. The van der Waals surface area contributed by atoms with Crippen LogP contribution in [0.2, 0.25) is 0 Å². The van der Waals surface area contributed by atoms with Gasteiger partial charge >= 0.3 is 0 Å². The minimum absolute atomic E-state index is 0. The molecule has 0 fully saturated rings. The van der Waals surface area contributed by atoms with E-state index in [0.717, 1.165) is 33.6 Å². The molecule has 0 saturated carbocycles. The monoisotopic (exact) mass is 418 g/mol. The van der Waals surface area contributed by atoms with Gasteiger partial charge in [0.25, 0.3) is 11.5 Å². The molecular formula is C24H13ClF2N2O. The number of hydrogen-bond donors (Lipinski definition) is 1. The predicted molar refractivity (Wildman–Crippen MR) is 106 cm³/mol. The first-order valence-electron chi connectivity index (χ1n) is 9.21. The average molecular weight is 419 g/mol. The summed E-state index contributed by atoms with van der Waals surface area (Å²) >= 11 is 0. The molecule has 0 radical (unpaired) electrons. The van der Waals surface area contributed by atoms with E-state index in [4.69, 9.17) is 0 Å². The van der Waals surface area contributed by atoms with Crippen molar-refractivity contribution in [1.29, 1.82) is 0 Å². The van der Waals surface area contributed by atoms with Crippen LogP contribution in [0.4, 0.5) is 8.78 Å². The number of pyridine rings is 1. The molecule has 146 valence electrons. The summed E-state index contributed by atoms with van der Waals surface area (Å²) < 4.78 is 29.4. The standard InChI is InChI=1S/C24H12F2N2O.ClH/c25-14-6-7-15(19(26)12-14)13-5-8-20-18(11-13)16-9-10-28-21-4-2-1-3-17(21)24(29)23(28)22(16)27-20;/h1-12H;1H. The number of carbonyl (C=O) groups is 1. The number of ketones is 1. The van der Waals surface area contributed by atoms with Crippen LogP contribution >= 0.6 is 0 Å². The maximum atomic E-state index is 14.3. The van der Waals surface area contributed by atoms with Crippen molar-refractivity contribution in [3.05, 3.63) is 95.8 Å². The van der Waals surface area contributed by atoms with Crippen molar-refractivity contribution in [3.63, 3.8) is 0 Å². The number of nitrogens with zero attached hydrogens (tertiary/aromatic N) is 1. The van der Waals surface area contributed by atoms with Crippen molar-refractivity contribution in [3.8, 4) is 16.8 Å². The molecule has 0 spiro atoms. The first kappa shape index (κ1) is 18.5. The van der Waals surface area contributed by atoms with Crippen LogP contribution in [-0.4, -0.2) is 10.8 Å². The number of fused-ring (bicyclic) bond motifs is 7. The van der Waals surface area contributed by atoms with Crippen LogP contribution in [0.15, 0.2) is 72.9 Å². The normalized spacial score (nSPS) is 12.1. The number of H-pyrrole nitrogens is 1. The molecule has 3 heterocycles. The Morgan fingerprint density at radius 3 is 2.50 bits per heavy atom. The molecule has 2 aromatic heterocycles. The number of aromatic nitrogens is 2. The number of rotatable bonds is 1. The maximum absolute atomic E-state index is 14.3. The minimum Gasteiger partial charge on any atom is -1.00 e. The second kappa shape index (κ2) is 6.47. The third-order valence-electron chi connectivity index (χ3n) is 5.57. The molecule has 0 aliphatic carbocycles. The van der Waals surface area contributed by atoms with E-state index in [1.807, 2.05) is 53.2 Å². The van der Waals surface area contributed by atoms with Crippen molar-refractivity contribution >= 4 is 27.6 Å². The first-order chi connectivity index (χ1) is 14.1. The molecule has 1 N–H and O–H groups in total. The van der Waals surface area contributed by atoms with Gasteiger partial charge in [0.2, 0.25) is 5.69 Å². The van der Waals surface area contributed by atoms with Gasteiger partial charge in [-0.25, -0.2) is 8.78 Å². The topological polar surface area (TPSA) is 36.7 Å². The van der Waals surface area contributed by atoms with E-state index in [1.165, 1.54) is 12.1 Å². The molecule has 0 unspecified atom stereocenters. The summed E-state index contributed by atoms with van der Waals surface area (Å²) in [5.41, 5.74) is 4.72. The highest BCUT2D eigenvalue weighted by Crippen LogP contribution is 2.34. The third kappa shape index (κ3) is 2.42. The first-order valence-corrected chi connectivity index (χ1v) is 9.21. The third-order valence-corrected chi connectivity index (χ3v) is 5.57. The fourth-order valence-electron chi connectivity index (χ4n) is 4.23. The summed E-state index contributed by atoms with van der Waals surface area (Å²) in [6.07, 6.45) is 1.89. The van der Waals surface area contributed by atoms with E-state index in [2.05, 4.69) is 4.98 Å². The van der Waals surface area contributed by atoms with E-state index in [-0.39, 0.29) is 18.2 Å². The van der Waals surface area contributed by atoms with Gasteiger partial charge in [0.05, 0.1) is 0 Å². The molecule has 1 aliphatic rings. The molecule has 0 bridgehead atoms. The van der Waals surface area contributed by atoms with Crippen molar-refractivity contribution in [2.45, 2.75) is 0 Å². The highest BCUT2D eigenvalue weighted by Gasteiger charge is 2.37. The predicted octanol–water partition coefficient (Wildman–Crippen LogP) is 2.09. The van der Waals surface area contributed by atoms with Gasteiger partial charge in [-0.2, -0.15) is 4.57 Å². The van der Waals surface area contributed by atoms with E-state index in [0.29, 0.717) is 22.4 Å². The largest absolute Gasteiger partial charge is 1.00 e. The molecule has 6 rings (SSSR count). The van der Waals surface area contributed by atoms with Crippen molar-refractivity contribution < 1.29 is 30.5 Å². The Balaban J connectivity index is 0.00000193. The van der Waals surface area contributed by atoms with Crippen molar-refractivity contribution in [2.75, 3.05) is 0 Å². The smallest absolute Gasteiger partial charge is 0.284 e. The second-order valence-electron chi connectivity index (χ2n) is 7.18. The summed E-state index contributed by atoms with van der Waals surface area (Å²) in [5.74, 6) is -1.24. The number of aromatic amines is 1. The van der Waals surface area contributed by atoms with Gasteiger partial charge in [-0.1, -0.05) is 18.2 Å². The summed E-state index contributed by atoms with van der Waals surface area (Å²) in [7, 11) is 0. The number of halogens is 3. The molecule has 0 atom stereocenters. The zero-order valence-electron chi connectivity index (χ0n) is 15.4. The van der Waals surface area contributed by atoms with Crippen LogP contribution < -0.4 is 17.0 Å². The Kier molecular flexibility index (Phi) is 3.98. The van der Waals surface area contributed by atoms with Gasteiger partial charge in [-0.3, -0.25) is 4.79 Å². The van der Waals surface area contributed by atoms with Crippen LogP contribution in [0.1, 0.15) is 16.1 Å². The molecule has 1 aliphatic heterocycles. The molecule has 0 amide bonds. The van der Waals surface area contributed by atoms with Crippen LogP contribution in [-0.2, 0) is 0 Å². The number of carbonyl (C=O) groups excluding carboxylic acids is 1. The Bertz CT molecular complexity index is 1510. The number of hydrogen-bond acceptors (Lipinski definition) is 1. The molecule has 5 aromatic rings. The van der Waals surface area contributed by atoms with E-state index in [9.17, 15) is 13.6 Å². The SMILES string of the molecule is O=C1c2ccccc2-[n+]2ccc3c([nH]c4ccc(-c5ccc(F)cc5F)cc43)c21.[Cl-]. The molecular weight excluding hydrogens is 406 g/mol. The minimum atomic E-state index is -0.606. The van der Waals surface area contributed by atoms with E-state index < -0.39 is 11.6 Å². The van der Waals surface area contributed by atoms with Gasteiger partial charge in [0.15, 0.2) is 6.20 Å². The van der Waals surface area contributed by atoms with Gasteiger partial charge < -0.3 is 17.4 Å². The van der Waals surface area contributed by atoms with Crippen LogP contribution in [0.5, 0.6) is 0 Å². The summed E-state index contributed by atoms with van der Waals surface area (Å²) in [6.45, 7) is 0. The Labute approximate surface area is 176 Å². The van der Waals surface area contributed by atoms with Gasteiger partial charge in [0, 0.05) is 40.1 Å². The zero-order valence-corrected chi connectivity index (χ0v) is 16.2. The molecule has 3 aromatic carbocycles. The quantitative estimate of drug-likeness (QED) is 0.408.